The first-order valence-electron chi connectivity index (χ1n) is 7.93. The predicted octanol–water partition coefficient (Wildman–Crippen LogP) is 1.62. The Morgan fingerprint density at radius 3 is 2.64 bits per heavy atom. The second kappa shape index (κ2) is 7.61. The number of aliphatic hydroxyl groups is 1. The van der Waals surface area contributed by atoms with Crippen molar-refractivity contribution in [2.24, 2.45) is 0 Å². The van der Waals surface area contributed by atoms with Crippen LogP contribution in [0.2, 0.25) is 0 Å². The molecule has 22 heavy (non-hydrogen) atoms. The number of aliphatic hydroxyl groups excluding tert-OH is 1. The Bertz CT molecular complexity index is 511. The molecule has 2 N–H and O–H groups in total. The summed E-state index contributed by atoms with van der Waals surface area (Å²) in [5, 5.41) is 18.8. The van der Waals surface area contributed by atoms with Gasteiger partial charge in [-0.05, 0) is 50.9 Å². The molecule has 0 unspecified atom stereocenters. The number of benzene rings is 1. The highest BCUT2D eigenvalue weighted by molar-refractivity contribution is 5.97. The Morgan fingerprint density at radius 1 is 1.36 bits per heavy atom. The van der Waals surface area contributed by atoms with Crippen LogP contribution in [-0.2, 0) is 0 Å². The fourth-order valence-electron chi connectivity index (χ4n) is 3.01. The molecule has 1 fully saturated rings. The van der Waals surface area contributed by atoms with Crippen molar-refractivity contribution in [1.29, 1.82) is 0 Å². The Morgan fingerprint density at radius 2 is 2.05 bits per heavy atom. The molecule has 1 saturated heterocycles. The van der Waals surface area contributed by atoms with Gasteiger partial charge in [0.25, 0.3) is 5.91 Å². The van der Waals surface area contributed by atoms with E-state index in [1.54, 1.807) is 12.1 Å². The summed E-state index contributed by atoms with van der Waals surface area (Å²) in [5.74, 6) is -0.0267. The van der Waals surface area contributed by atoms with Crippen molar-refractivity contribution in [2.45, 2.75) is 32.2 Å². The van der Waals surface area contributed by atoms with E-state index in [2.05, 4.69) is 11.9 Å². The van der Waals surface area contributed by atoms with Gasteiger partial charge in [-0.25, -0.2) is 0 Å². The normalized spacial score (nSPS) is 16.3. The molecule has 0 aliphatic carbocycles. The van der Waals surface area contributed by atoms with Crippen molar-refractivity contribution in [3.8, 4) is 5.75 Å². The van der Waals surface area contributed by atoms with Gasteiger partial charge in [0.2, 0.25) is 0 Å². The number of rotatable bonds is 5. The molecule has 0 aromatic heterocycles. The molecule has 1 aliphatic heterocycles. The number of phenolic OH excluding ortho intramolecular Hbond substituents is 1. The average Bonchev–Trinajstić information content (AvgIpc) is 2.52. The lowest BCUT2D eigenvalue weighted by Gasteiger charge is -2.36. The number of aryl methyl sites for hydroxylation is 1. The first-order valence-corrected chi connectivity index (χ1v) is 7.93. The number of hydrogen-bond donors (Lipinski definition) is 2. The molecule has 0 saturated carbocycles. The van der Waals surface area contributed by atoms with Gasteiger partial charge in [-0.1, -0.05) is 6.07 Å². The van der Waals surface area contributed by atoms with Crippen LogP contribution >= 0.6 is 0 Å². The number of piperidine rings is 1. The van der Waals surface area contributed by atoms with Crippen LogP contribution < -0.4 is 0 Å². The van der Waals surface area contributed by atoms with Gasteiger partial charge in [-0.3, -0.25) is 4.79 Å². The van der Waals surface area contributed by atoms with E-state index in [9.17, 15) is 9.90 Å². The molecule has 2 rings (SSSR count). The zero-order valence-electron chi connectivity index (χ0n) is 13.5. The molecule has 0 atom stereocenters. The molecule has 0 bridgehead atoms. The smallest absolute Gasteiger partial charge is 0.257 e. The lowest BCUT2D eigenvalue weighted by molar-refractivity contribution is 0.0638. The van der Waals surface area contributed by atoms with Crippen LogP contribution in [0.4, 0.5) is 0 Å². The highest BCUT2D eigenvalue weighted by atomic mass is 16.3. The van der Waals surface area contributed by atoms with Crippen molar-refractivity contribution in [2.75, 3.05) is 33.3 Å². The minimum absolute atomic E-state index is 0.0622. The minimum atomic E-state index is -0.0889. The van der Waals surface area contributed by atoms with Crippen LogP contribution in [0.5, 0.6) is 5.75 Å². The van der Waals surface area contributed by atoms with Crippen molar-refractivity contribution in [1.82, 2.24) is 9.80 Å². The quantitative estimate of drug-likeness (QED) is 0.868. The number of aromatic hydroxyl groups is 1. The zero-order valence-corrected chi connectivity index (χ0v) is 13.5. The van der Waals surface area contributed by atoms with E-state index in [0.717, 1.165) is 31.4 Å². The molecule has 1 heterocycles. The minimum Gasteiger partial charge on any atom is -0.507 e. The maximum atomic E-state index is 12.5. The zero-order chi connectivity index (χ0) is 16.1. The summed E-state index contributed by atoms with van der Waals surface area (Å²) in [6.07, 6.45) is 2.65. The van der Waals surface area contributed by atoms with Gasteiger partial charge in [0.05, 0.1) is 5.56 Å². The van der Waals surface area contributed by atoms with Crippen molar-refractivity contribution < 1.29 is 15.0 Å². The molecule has 0 radical (unpaired) electrons. The summed E-state index contributed by atoms with van der Waals surface area (Å²) in [4.78, 5) is 16.6. The highest BCUT2D eigenvalue weighted by Crippen LogP contribution is 2.23. The Labute approximate surface area is 132 Å². The second-order valence-electron chi connectivity index (χ2n) is 6.10. The largest absolute Gasteiger partial charge is 0.507 e. The number of carbonyl (C=O) groups is 1. The first-order chi connectivity index (χ1) is 10.5. The molecule has 1 aromatic carbocycles. The molecule has 1 aromatic rings. The number of phenols is 1. The molecular weight excluding hydrogens is 280 g/mol. The Kier molecular flexibility index (Phi) is 5.80. The maximum Gasteiger partial charge on any atom is 0.257 e. The van der Waals surface area contributed by atoms with E-state index in [4.69, 9.17) is 5.11 Å². The van der Waals surface area contributed by atoms with Crippen molar-refractivity contribution >= 4 is 5.91 Å². The van der Waals surface area contributed by atoms with Gasteiger partial charge in [-0.2, -0.15) is 0 Å². The van der Waals surface area contributed by atoms with E-state index >= 15 is 0 Å². The third kappa shape index (κ3) is 3.99. The lowest BCUT2D eigenvalue weighted by Crippen LogP contribution is -2.45. The molecule has 5 heteroatoms. The van der Waals surface area contributed by atoms with Gasteiger partial charge < -0.3 is 20.0 Å². The summed E-state index contributed by atoms with van der Waals surface area (Å²) in [6.45, 7) is 4.41. The Hall–Kier alpha value is -1.59. The number of carbonyl (C=O) groups excluding carboxylic acids is 1. The fourth-order valence-corrected chi connectivity index (χ4v) is 3.01. The molecule has 1 aliphatic rings. The fraction of sp³-hybridized carbons (Fsp3) is 0.588. The van der Waals surface area contributed by atoms with Crippen LogP contribution in [0.3, 0.4) is 0 Å². The average molecular weight is 306 g/mol. The SMILES string of the molecule is Cc1ccc(C(=O)N2CCC(N(C)CCCO)CC2)c(O)c1. The van der Waals surface area contributed by atoms with Crippen LogP contribution in [0.25, 0.3) is 0 Å². The van der Waals surface area contributed by atoms with Crippen LogP contribution in [-0.4, -0.2) is 65.3 Å². The number of hydrogen-bond acceptors (Lipinski definition) is 4. The molecule has 0 spiro atoms. The van der Waals surface area contributed by atoms with Crippen molar-refractivity contribution in [3.63, 3.8) is 0 Å². The second-order valence-corrected chi connectivity index (χ2v) is 6.10. The van der Waals surface area contributed by atoms with Gasteiger partial charge >= 0.3 is 0 Å². The van der Waals surface area contributed by atoms with Crippen LogP contribution in [0.1, 0.15) is 35.2 Å². The van der Waals surface area contributed by atoms with E-state index in [1.807, 2.05) is 17.9 Å². The number of likely N-dealkylation sites (tertiary alicyclic amines) is 1. The third-order valence-corrected chi connectivity index (χ3v) is 4.43. The highest BCUT2D eigenvalue weighted by Gasteiger charge is 2.26. The summed E-state index contributed by atoms with van der Waals surface area (Å²) in [7, 11) is 2.07. The molecule has 122 valence electrons. The summed E-state index contributed by atoms with van der Waals surface area (Å²) < 4.78 is 0. The van der Waals surface area contributed by atoms with Gasteiger partial charge in [-0.15, -0.1) is 0 Å². The molecule has 1 amide bonds. The van der Waals surface area contributed by atoms with E-state index in [1.165, 1.54) is 0 Å². The lowest BCUT2D eigenvalue weighted by atomic mass is 10.0. The van der Waals surface area contributed by atoms with Crippen molar-refractivity contribution in [3.05, 3.63) is 29.3 Å². The Balaban J connectivity index is 1.92. The summed E-state index contributed by atoms with van der Waals surface area (Å²) in [6, 6.07) is 5.64. The van der Waals surface area contributed by atoms with Crippen LogP contribution in [0, 0.1) is 6.92 Å². The standard InChI is InChI=1S/C17H26N2O3/c1-13-4-5-15(16(21)12-13)17(22)19-9-6-14(7-10-19)18(2)8-3-11-20/h4-5,12,14,20-21H,3,6-11H2,1-2H3. The van der Waals surface area contributed by atoms with E-state index in [-0.39, 0.29) is 18.3 Å². The first kappa shape index (κ1) is 16.8. The molecular formula is C17H26N2O3. The maximum absolute atomic E-state index is 12.5. The number of nitrogens with zero attached hydrogens (tertiary/aromatic N) is 2. The third-order valence-electron chi connectivity index (χ3n) is 4.43. The summed E-state index contributed by atoms with van der Waals surface area (Å²) >= 11 is 0. The number of amides is 1. The van der Waals surface area contributed by atoms with Gasteiger partial charge in [0, 0.05) is 32.3 Å². The summed E-state index contributed by atoms with van der Waals surface area (Å²) in [5.41, 5.74) is 1.33. The van der Waals surface area contributed by atoms with Crippen LogP contribution in [0.15, 0.2) is 18.2 Å². The van der Waals surface area contributed by atoms with E-state index < -0.39 is 0 Å². The van der Waals surface area contributed by atoms with Gasteiger partial charge in [0.15, 0.2) is 0 Å². The molecule has 5 nitrogen and oxygen atoms in total. The topological polar surface area (TPSA) is 64.0 Å². The van der Waals surface area contributed by atoms with E-state index in [0.29, 0.717) is 24.7 Å². The monoisotopic (exact) mass is 306 g/mol. The predicted molar refractivity (Wildman–Crippen MR) is 86.1 cm³/mol. The van der Waals surface area contributed by atoms with Gasteiger partial charge in [0.1, 0.15) is 5.75 Å².